The highest BCUT2D eigenvalue weighted by Gasteiger charge is 2.29. The molecule has 0 bridgehead atoms. The second-order valence-corrected chi connectivity index (χ2v) is 4.26. The van der Waals surface area contributed by atoms with Crippen LogP contribution in [-0.2, 0) is 0 Å². The van der Waals surface area contributed by atoms with Crippen LogP contribution in [-0.4, -0.2) is 10.5 Å². The maximum atomic E-state index is 13.3. The first-order chi connectivity index (χ1) is 7.09. The normalized spacial score (nSPS) is 20.7. The molecule has 79 valence electrons. The summed E-state index contributed by atoms with van der Waals surface area (Å²) in [6.07, 6.45) is 0.912. The van der Waals surface area contributed by atoms with E-state index in [2.05, 4.69) is 10.4 Å². The molecule has 1 atom stereocenters. The first kappa shape index (κ1) is 11.0. The highest BCUT2D eigenvalue weighted by atomic mass is 35.5. The number of anilines is 1. The van der Waals surface area contributed by atoms with Gasteiger partial charge in [-0.15, -0.1) is 0 Å². The van der Waals surface area contributed by atoms with Crippen LogP contribution < -0.4 is 4.31 Å². The summed E-state index contributed by atoms with van der Waals surface area (Å²) < 4.78 is 27.2. The van der Waals surface area contributed by atoms with Gasteiger partial charge in [0.1, 0.15) is 5.82 Å². The van der Waals surface area contributed by atoms with Gasteiger partial charge < -0.3 is 0 Å². The summed E-state index contributed by atoms with van der Waals surface area (Å²) >= 11 is 12.5. The van der Waals surface area contributed by atoms with Gasteiger partial charge in [-0.3, -0.25) is 4.31 Å². The molecule has 0 aliphatic carbocycles. The first-order valence-electron chi connectivity index (χ1n) is 3.79. The number of rotatable bonds is 1. The third-order valence-electron chi connectivity index (χ3n) is 1.65. The molecule has 7 heteroatoms. The Kier molecular flexibility index (Phi) is 3.04. The number of alkyl halides is 1. The largest absolute Gasteiger partial charge is 0.271 e. The molecule has 15 heavy (non-hydrogen) atoms. The second kappa shape index (κ2) is 4.15. The molecule has 1 aromatic heterocycles. The number of hydrogen-bond donors (Lipinski definition) is 0. The monoisotopic (exact) mass is 267 g/mol. The van der Waals surface area contributed by atoms with Gasteiger partial charge in [0.2, 0.25) is 0 Å². The highest BCUT2D eigenvalue weighted by Crippen LogP contribution is 2.38. The molecule has 0 fully saturated rings. The molecule has 0 N–H and O–H groups in total. The molecule has 2 heterocycles. The SMILES string of the molecule is Fc1cnc(N2S[C]=C(Cl)C2Cl)c(F)c1. The zero-order chi connectivity index (χ0) is 11.0. The lowest BCUT2D eigenvalue weighted by Gasteiger charge is -2.19. The summed E-state index contributed by atoms with van der Waals surface area (Å²) in [5, 5.41) is 2.91. The quantitative estimate of drug-likeness (QED) is 0.441. The molecular weight excluding hydrogens is 265 g/mol. The Morgan fingerprint density at radius 2 is 2.27 bits per heavy atom. The molecular formula is C8H3Cl2F2N2S. The van der Waals surface area contributed by atoms with Crippen molar-refractivity contribution in [2.75, 3.05) is 4.31 Å². The molecule has 0 spiro atoms. The van der Waals surface area contributed by atoms with E-state index in [-0.39, 0.29) is 10.9 Å². The smallest absolute Gasteiger partial charge is 0.177 e. The van der Waals surface area contributed by atoms with Gasteiger partial charge in [0.05, 0.1) is 16.6 Å². The minimum absolute atomic E-state index is 0.0652. The minimum atomic E-state index is -0.790. The molecule has 1 radical (unpaired) electrons. The van der Waals surface area contributed by atoms with Crippen molar-refractivity contribution < 1.29 is 8.78 Å². The van der Waals surface area contributed by atoms with Crippen LogP contribution in [0.5, 0.6) is 0 Å². The Balaban J connectivity index is 2.32. The molecule has 0 aromatic carbocycles. The summed E-state index contributed by atoms with van der Waals surface area (Å²) in [5.74, 6) is -1.60. The molecule has 0 amide bonds. The topological polar surface area (TPSA) is 16.1 Å². The van der Waals surface area contributed by atoms with Crippen molar-refractivity contribution in [3.05, 3.63) is 34.3 Å². The number of aromatic nitrogens is 1. The maximum Gasteiger partial charge on any atom is 0.177 e. The summed E-state index contributed by atoms with van der Waals surface area (Å²) in [4.78, 5) is 3.60. The lowest BCUT2D eigenvalue weighted by molar-refractivity contribution is 0.573. The van der Waals surface area contributed by atoms with Crippen LogP contribution in [0.3, 0.4) is 0 Å². The fourth-order valence-corrected chi connectivity index (χ4v) is 2.32. The van der Waals surface area contributed by atoms with Crippen molar-refractivity contribution in [1.82, 2.24) is 4.98 Å². The van der Waals surface area contributed by atoms with E-state index >= 15 is 0 Å². The van der Waals surface area contributed by atoms with Gasteiger partial charge in [-0.25, -0.2) is 13.8 Å². The molecule has 1 unspecified atom stereocenters. The van der Waals surface area contributed by atoms with Crippen molar-refractivity contribution >= 4 is 41.0 Å². The number of pyridine rings is 1. The fraction of sp³-hybridized carbons (Fsp3) is 0.125. The third-order valence-corrected chi connectivity index (χ3v) is 3.60. The Hall–Kier alpha value is -0.520. The molecule has 2 rings (SSSR count). The summed E-state index contributed by atoms with van der Waals surface area (Å²) in [6.45, 7) is 0. The van der Waals surface area contributed by atoms with Crippen LogP contribution in [0.1, 0.15) is 0 Å². The lowest BCUT2D eigenvalue weighted by atomic mass is 10.4. The summed E-state index contributed by atoms with van der Waals surface area (Å²) in [6, 6.07) is 0.735. The number of halogens is 4. The van der Waals surface area contributed by atoms with Crippen molar-refractivity contribution in [1.29, 1.82) is 0 Å². The van der Waals surface area contributed by atoms with Crippen molar-refractivity contribution in [3.8, 4) is 0 Å². The van der Waals surface area contributed by atoms with Gasteiger partial charge in [-0.2, -0.15) is 0 Å². The van der Waals surface area contributed by atoms with E-state index in [0.29, 0.717) is 0 Å². The number of hydrogen-bond acceptors (Lipinski definition) is 3. The molecule has 1 aromatic rings. The van der Waals surface area contributed by atoms with E-state index in [9.17, 15) is 8.78 Å². The minimum Gasteiger partial charge on any atom is -0.271 e. The standard InChI is InChI=1S/C8H3Cl2F2N2S/c9-5-3-15-14(7(5)10)8-6(12)1-4(11)2-13-8/h1-2,7H. The van der Waals surface area contributed by atoms with Gasteiger partial charge in [-0.1, -0.05) is 23.2 Å². The summed E-state index contributed by atoms with van der Waals surface area (Å²) in [5.41, 5.74) is -0.732. The van der Waals surface area contributed by atoms with Crippen LogP contribution in [0.4, 0.5) is 14.6 Å². The zero-order valence-corrected chi connectivity index (χ0v) is 9.37. The van der Waals surface area contributed by atoms with Crippen molar-refractivity contribution in [3.63, 3.8) is 0 Å². The van der Waals surface area contributed by atoms with E-state index in [1.54, 1.807) is 0 Å². The van der Waals surface area contributed by atoms with Crippen LogP contribution in [0.25, 0.3) is 0 Å². The predicted octanol–water partition coefficient (Wildman–Crippen LogP) is 3.28. The Bertz CT molecular complexity index is 427. The van der Waals surface area contributed by atoms with Gasteiger partial charge >= 0.3 is 0 Å². The van der Waals surface area contributed by atoms with Crippen LogP contribution in [0.15, 0.2) is 17.3 Å². The highest BCUT2D eigenvalue weighted by molar-refractivity contribution is 8.02. The maximum absolute atomic E-state index is 13.3. The zero-order valence-electron chi connectivity index (χ0n) is 7.05. The first-order valence-corrected chi connectivity index (χ1v) is 5.38. The molecule has 2 nitrogen and oxygen atoms in total. The average Bonchev–Trinajstić information content (AvgIpc) is 2.49. The van der Waals surface area contributed by atoms with E-state index in [4.69, 9.17) is 23.2 Å². The van der Waals surface area contributed by atoms with Gasteiger partial charge in [0.15, 0.2) is 17.1 Å². The van der Waals surface area contributed by atoms with E-state index in [0.717, 1.165) is 24.2 Å². The Labute approximate surface area is 99.0 Å². The number of nitrogens with zero attached hydrogens (tertiary/aromatic N) is 2. The van der Waals surface area contributed by atoms with E-state index in [1.165, 1.54) is 4.31 Å². The molecule has 1 aliphatic rings. The summed E-state index contributed by atoms with van der Waals surface area (Å²) in [7, 11) is 0. The molecule has 0 saturated carbocycles. The molecule has 1 aliphatic heterocycles. The molecule has 0 saturated heterocycles. The van der Waals surface area contributed by atoms with E-state index in [1.807, 2.05) is 0 Å². The van der Waals surface area contributed by atoms with Crippen LogP contribution in [0.2, 0.25) is 0 Å². The van der Waals surface area contributed by atoms with Crippen LogP contribution >= 0.6 is 35.1 Å². The van der Waals surface area contributed by atoms with Crippen LogP contribution in [0, 0.1) is 17.0 Å². The Morgan fingerprint density at radius 1 is 1.53 bits per heavy atom. The lowest BCUT2D eigenvalue weighted by Crippen LogP contribution is -2.21. The fourth-order valence-electron chi connectivity index (χ4n) is 1.01. The third kappa shape index (κ3) is 2.04. The average molecular weight is 268 g/mol. The van der Waals surface area contributed by atoms with Gasteiger partial charge in [0, 0.05) is 6.07 Å². The van der Waals surface area contributed by atoms with Crippen molar-refractivity contribution in [2.24, 2.45) is 0 Å². The van der Waals surface area contributed by atoms with Gasteiger partial charge in [-0.05, 0) is 11.9 Å². The Morgan fingerprint density at radius 3 is 2.80 bits per heavy atom. The van der Waals surface area contributed by atoms with E-state index < -0.39 is 17.1 Å². The van der Waals surface area contributed by atoms with Crippen molar-refractivity contribution in [2.45, 2.75) is 5.50 Å². The predicted molar refractivity (Wildman–Crippen MR) is 56.5 cm³/mol. The second-order valence-electron chi connectivity index (χ2n) is 2.66. The van der Waals surface area contributed by atoms with Gasteiger partial charge in [0.25, 0.3) is 0 Å².